The van der Waals surface area contributed by atoms with E-state index < -0.39 is 23.7 Å². The molecule has 2 aromatic rings. The molecule has 0 aliphatic heterocycles. The van der Waals surface area contributed by atoms with Crippen LogP contribution in [-0.4, -0.2) is 43.0 Å². The number of halogens is 1. The Morgan fingerprint density at radius 3 is 2.32 bits per heavy atom. The summed E-state index contributed by atoms with van der Waals surface area (Å²) >= 11 is 0. The molecule has 0 bridgehead atoms. The second-order valence-corrected chi connectivity index (χ2v) is 9.60. The lowest BCUT2D eigenvalue weighted by atomic mass is 9.98. The number of benzene rings is 2. The second-order valence-electron chi connectivity index (χ2n) is 9.60. The average Bonchev–Trinajstić information content (AvgIpc) is 2.95. The molecule has 41 heavy (non-hydrogen) atoms. The Kier molecular flexibility index (Phi) is 11.6. The first-order chi connectivity index (χ1) is 19.6. The first-order valence-electron chi connectivity index (χ1n) is 13.3. The van der Waals surface area contributed by atoms with Crippen LogP contribution >= 0.6 is 0 Å². The monoisotopic (exact) mass is 564 g/mol. The van der Waals surface area contributed by atoms with E-state index in [0.29, 0.717) is 22.4 Å². The molecule has 216 valence electrons. The summed E-state index contributed by atoms with van der Waals surface area (Å²) in [5.41, 5.74) is 0.917. The fourth-order valence-electron chi connectivity index (χ4n) is 3.93. The number of hydrogen-bond acceptors (Lipinski definition) is 8. The third-order valence-electron chi connectivity index (χ3n) is 6.15. The molecule has 8 nitrogen and oxygen atoms in total. The molecule has 1 aliphatic carbocycles. The summed E-state index contributed by atoms with van der Waals surface area (Å²) in [6, 6.07) is 10.2. The van der Waals surface area contributed by atoms with Crippen LogP contribution in [0.4, 0.5) is 4.39 Å². The second kappa shape index (κ2) is 15.3. The Balaban J connectivity index is 1.47. The van der Waals surface area contributed by atoms with Gasteiger partial charge in [-0.3, -0.25) is 9.59 Å². The van der Waals surface area contributed by atoms with Crippen LogP contribution in [0.1, 0.15) is 61.4 Å². The van der Waals surface area contributed by atoms with Gasteiger partial charge in [0.2, 0.25) is 0 Å². The zero-order valence-electron chi connectivity index (χ0n) is 23.0. The molecule has 0 atom stereocenters. The van der Waals surface area contributed by atoms with Crippen LogP contribution in [0.5, 0.6) is 11.5 Å². The molecule has 9 heteroatoms. The van der Waals surface area contributed by atoms with E-state index in [1.54, 1.807) is 31.2 Å². The van der Waals surface area contributed by atoms with E-state index in [0.717, 1.165) is 38.2 Å². The lowest BCUT2D eigenvalue weighted by Crippen LogP contribution is -2.22. The number of rotatable bonds is 13. The van der Waals surface area contributed by atoms with E-state index in [4.69, 9.17) is 18.9 Å². The Bertz CT molecular complexity index is 1320. The molecule has 0 saturated heterocycles. The maximum Gasteiger partial charge on any atom is 0.339 e. The third-order valence-corrected chi connectivity index (χ3v) is 6.15. The van der Waals surface area contributed by atoms with Gasteiger partial charge in [0.1, 0.15) is 25.1 Å². The van der Waals surface area contributed by atoms with Crippen molar-refractivity contribution in [2.24, 2.45) is 0 Å². The minimum absolute atomic E-state index is 0.0629. The number of esters is 3. The van der Waals surface area contributed by atoms with Gasteiger partial charge < -0.3 is 18.9 Å². The number of carbonyl (C=O) groups excluding carboxylic acids is 4. The molecular formula is C32H33FO8. The molecule has 1 saturated carbocycles. The predicted molar refractivity (Wildman–Crippen MR) is 150 cm³/mol. The van der Waals surface area contributed by atoms with Gasteiger partial charge in [0.25, 0.3) is 0 Å². The number of ketones is 1. The molecule has 0 amide bonds. The van der Waals surface area contributed by atoms with Crippen molar-refractivity contribution in [3.8, 4) is 11.5 Å². The molecule has 0 unspecified atom stereocenters. The van der Waals surface area contributed by atoms with Gasteiger partial charge in [-0.25, -0.2) is 14.0 Å². The molecule has 0 N–H and O–H groups in total. The van der Waals surface area contributed by atoms with Crippen molar-refractivity contribution < 1.29 is 42.5 Å². The standard InChI is InChI=1S/C32H33FO8/c1-21(2)31(36)39-18-17-38-25-13-11-24(12-14-25)28(34)15-9-23-10-16-29(27(33)20-23)41-32(37)22(3)19-30(35)40-26-7-5-4-6-8-26/h9-16,20,26H,1,3-8,17-19H2,2H3/b15-9+. The Morgan fingerprint density at radius 1 is 0.951 bits per heavy atom. The van der Waals surface area contributed by atoms with Crippen LogP contribution in [0.15, 0.2) is 72.8 Å². The minimum Gasteiger partial charge on any atom is -0.490 e. The Labute approximate surface area is 238 Å². The quantitative estimate of drug-likeness (QED) is 0.0967. The Morgan fingerprint density at radius 2 is 1.66 bits per heavy atom. The molecular weight excluding hydrogens is 531 g/mol. The van der Waals surface area contributed by atoms with Crippen LogP contribution < -0.4 is 9.47 Å². The minimum atomic E-state index is -0.928. The zero-order chi connectivity index (χ0) is 29.8. The van der Waals surface area contributed by atoms with Crippen LogP contribution in [0, 0.1) is 5.82 Å². The van der Waals surface area contributed by atoms with Gasteiger partial charge in [-0.05, 0) is 80.6 Å². The first kappa shape index (κ1) is 31.0. The molecule has 0 radical (unpaired) electrons. The fraction of sp³-hybridized carbons (Fsp3) is 0.312. The van der Waals surface area contributed by atoms with Gasteiger partial charge in [0, 0.05) is 16.7 Å². The van der Waals surface area contributed by atoms with E-state index in [1.165, 1.54) is 24.3 Å². The van der Waals surface area contributed by atoms with Crippen molar-refractivity contribution in [1.29, 1.82) is 0 Å². The number of hydrogen-bond donors (Lipinski definition) is 0. The molecule has 0 heterocycles. The van der Waals surface area contributed by atoms with Crippen LogP contribution in [-0.2, 0) is 23.9 Å². The lowest BCUT2D eigenvalue weighted by Gasteiger charge is -2.21. The summed E-state index contributed by atoms with van der Waals surface area (Å²) in [5, 5.41) is 0. The maximum atomic E-state index is 14.6. The van der Waals surface area contributed by atoms with Crippen molar-refractivity contribution in [2.45, 2.75) is 51.6 Å². The predicted octanol–water partition coefficient (Wildman–Crippen LogP) is 5.95. The highest BCUT2D eigenvalue weighted by molar-refractivity contribution is 6.06. The van der Waals surface area contributed by atoms with Crippen molar-refractivity contribution in [3.63, 3.8) is 0 Å². The molecule has 1 fully saturated rings. The van der Waals surface area contributed by atoms with E-state index >= 15 is 0 Å². The topological polar surface area (TPSA) is 105 Å². The Hall–Kier alpha value is -4.53. The van der Waals surface area contributed by atoms with Crippen molar-refractivity contribution >= 4 is 29.8 Å². The highest BCUT2D eigenvalue weighted by atomic mass is 19.1. The third kappa shape index (κ3) is 10.2. The highest BCUT2D eigenvalue weighted by Crippen LogP contribution is 2.23. The van der Waals surface area contributed by atoms with Gasteiger partial charge in [0.15, 0.2) is 17.3 Å². The molecule has 0 spiro atoms. The van der Waals surface area contributed by atoms with Gasteiger partial charge in [0.05, 0.1) is 6.42 Å². The summed E-state index contributed by atoms with van der Waals surface area (Å²) in [7, 11) is 0. The number of allylic oxidation sites excluding steroid dienone is 1. The summed E-state index contributed by atoms with van der Waals surface area (Å²) in [6.07, 6.45) is 6.96. The van der Waals surface area contributed by atoms with Crippen molar-refractivity contribution in [3.05, 3.63) is 89.8 Å². The first-order valence-corrected chi connectivity index (χ1v) is 13.3. The van der Waals surface area contributed by atoms with Crippen LogP contribution in [0.2, 0.25) is 0 Å². The van der Waals surface area contributed by atoms with Crippen molar-refractivity contribution in [1.82, 2.24) is 0 Å². The van der Waals surface area contributed by atoms with E-state index in [9.17, 15) is 23.6 Å². The summed E-state index contributed by atoms with van der Waals surface area (Å²) in [6.45, 7) is 8.82. The molecule has 3 rings (SSSR count). The lowest BCUT2D eigenvalue weighted by molar-refractivity contribution is -0.150. The van der Waals surface area contributed by atoms with Crippen LogP contribution in [0.3, 0.4) is 0 Å². The number of ether oxygens (including phenoxy) is 4. The van der Waals surface area contributed by atoms with Gasteiger partial charge in [-0.15, -0.1) is 0 Å². The molecule has 2 aromatic carbocycles. The average molecular weight is 565 g/mol. The summed E-state index contributed by atoms with van der Waals surface area (Å²) in [5.74, 6) is -2.96. The van der Waals surface area contributed by atoms with Gasteiger partial charge >= 0.3 is 17.9 Å². The van der Waals surface area contributed by atoms with Gasteiger partial charge in [-0.1, -0.05) is 31.7 Å². The normalized spacial score (nSPS) is 13.3. The molecule has 0 aromatic heterocycles. The van der Waals surface area contributed by atoms with Gasteiger partial charge in [-0.2, -0.15) is 0 Å². The number of carbonyl (C=O) groups is 4. The van der Waals surface area contributed by atoms with E-state index in [2.05, 4.69) is 13.2 Å². The van der Waals surface area contributed by atoms with Crippen LogP contribution in [0.25, 0.3) is 6.08 Å². The fourth-order valence-corrected chi connectivity index (χ4v) is 3.93. The maximum absolute atomic E-state index is 14.6. The molecule has 1 aliphatic rings. The van der Waals surface area contributed by atoms with Crippen molar-refractivity contribution in [2.75, 3.05) is 13.2 Å². The van der Waals surface area contributed by atoms with E-state index in [1.807, 2.05) is 0 Å². The zero-order valence-corrected chi connectivity index (χ0v) is 23.0. The SMILES string of the molecule is C=C(C)C(=O)OCCOc1ccc(C(=O)/C=C/c2ccc(OC(=O)C(=C)CC(=O)OC3CCCCC3)c(F)c2)cc1. The summed E-state index contributed by atoms with van der Waals surface area (Å²) < 4.78 is 35.4. The smallest absolute Gasteiger partial charge is 0.339 e. The highest BCUT2D eigenvalue weighted by Gasteiger charge is 2.21. The summed E-state index contributed by atoms with van der Waals surface area (Å²) in [4.78, 5) is 48.3. The largest absolute Gasteiger partial charge is 0.490 e. The van der Waals surface area contributed by atoms with E-state index in [-0.39, 0.29) is 42.8 Å².